The van der Waals surface area contributed by atoms with Gasteiger partial charge in [-0.1, -0.05) is 18.9 Å². The van der Waals surface area contributed by atoms with Crippen LogP contribution in [0.2, 0.25) is 0 Å². The Morgan fingerprint density at radius 2 is 1.56 bits per heavy atom. The van der Waals surface area contributed by atoms with E-state index in [1.165, 1.54) is 18.3 Å². The third-order valence-corrected chi connectivity index (χ3v) is 7.17. The van der Waals surface area contributed by atoms with Crippen LogP contribution in [-0.2, 0) is 9.59 Å². The maximum Gasteiger partial charge on any atom is 0.264 e. The normalized spacial score (nSPS) is 18.3. The van der Waals surface area contributed by atoms with Crippen LogP contribution in [0.4, 0.5) is 11.4 Å². The lowest BCUT2D eigenvalue weighted by atomic mass is 9.95. The molecule has 2 aliphatic rings. The Balaban J connectivity index is 1.40. The first-order valence-electron chi connectivity index (χ1n) is 11.3. The molecule has 0 spiro atoms. The van der Waals surface area contributed by atoms with E-state index in [4.69, 9.17) is 0 Å². The van der Waals surface area contributed by atoms with Crippen LogP contribution in [0.3, 0.4) is 0 Å². The number of hydrogen-bond donors (Lipinski definition) is 2. The minimum atomic E-state index is -0.188. The van der Waals surface area contributed by atoms with Gasteiger partial charge in [0.05, 0.1) is 10.9 Å². The molecule has 2 fully saturated rings. The zero-order valence-corrected chi connectivity index (χ0v) is 19.2. The Labute approximate surface area is 192 Å². The Bertz CT molecular complexity index is 931. The van der Waals surface area contributed by atoms with E-state index in [2.05, 4.69) is 15.5 Å². The van der Waals surface area contributed by atoms with Gasteiger partial charge >= 0.3 is 0 Å². The summed E-state index contributed by atoms with van der Waals surface area (Å²) in [5.74, 6) is 0.316. The van der Waals surface area contributed by atoms with Crippen molar-refractivity contribution in [3.05, 3.63) is 46.7 Å². The third kappa shape index (κ3) is 5.37. The number of thiophene rings is 1. The van der Waals surface area contributed by atoms with Gasteiger partial charge < -0.3 is 15.5 Å². The molecule has 0 bridgehead atoms. The topological polar surface area (TPSA) is 81.8 Å². The summed E-state index contributed by atoms with van der Waals surface area (Å²) in [6.07, 6.45) is 4.45. The first-order valence-corrected chi connectivity index (χ1v) is 12.1. The Hall–Kier alpha value is -2.71. The molecule has 1 saturated heterocycles. The average molecular weight is 455 g/mol. The van der Waals surface area contributed by atoms with Crippen LogP contribution in [0.15, 0.2) is 41.8 Å². The molecule has 1 saturated carbocycles. The summed E-state index contributed by atoms with van der Waals surface area (Å²) in [5.41, 5.74) is 1.42. The number of piperazine rings is 1. The zero-order chi connectivity index (χ0) is 22.5. The SMILES string of the molecule is CC(=O)Nc1ccc(NC(=O)C(C2CCCC2)N2CCN(C(=O)c3cccs3)CC2)cc1. The van der Waals surface area contributed by atoms with Crippen molar-refractivity contribution in [2.24, 2.45) is 5.92 Å². The molecule has 1 aliphatic heterocycles. The Kier molecular flexibility index (Phi) is 7.22. The maximum atomic E-state index is 13.4. The molecule has 3 amide bonds. The van der Waals surface area contributed by atoms with Crippen molar-refractivity contribution in [2.45, 2.75) is 38.6 Å². The van der Waals surface area contributed by atoms with Gasteiger partial charge in [0.2, 0.25) is 11.8 Å². The fourth-order valence-electron chi connectivity index (χ4n) is 4.77. The molecule has 1 atom stereocenters. The fourth-order valence-corrected chi connectivity index (χ4v) is 5.46. The summed E-state index contributed by atoms with van der Waals surface area (Å²) < 4.78 is 0. The van der Waals surface area contributed by atoms with Crippen LogP contribution in [-0.4, -0.2) is 59.7 Å². The van der Waals surface area contributed by atoms with Crippen molar-refractivity contribution in [3.8, 4) is 0 Å². The highest BCUT2D eigenvalue weighted by molar-refractivity contribution is 7.12. The number of amides is 3. The van der Waals surface area contributed by atoms with Crippen molar-refractivity contribution in [3.63, 3.8) is 0 Å². The van der Waals surface area contributed by atoms with E-state index in [9.17, 15) is 14.4 Å². The Morgan fingerprint density at radius 3 is 2.12 bits per heavy atom. The molecule has 2 aromatic rings. The minimum Gasteiger partial charge on any atom is -0.335 e. The van der Waals surface area contributed by atoms with Crippen LogP contribution in [0.25, 0.3) is 0 Å². The molecule has 8 heteroatoms. The molecule has 1 unspecified atom stereocenters. The van der Waals surface area contributed by atoms with Gasteiger partial charge in [0.25, 0.3) is 5.91 Å². The highest BCUT2D eigenvalue weighted by Crippen LogP contribution is 2.32. The lowest BCUT2D eigenvalue weighted by molar-refractivity contribution is -0.124. The summed E-state index contributed by atoms with van der Waals surface area (Å²) in [4.78, 5) is 42.2. The van der Waals surface area contributed by atoms with Gasteiger partial charge in [0.15, 0.2) is 0 Å². The standard InChI is InChI=1S/C24H30N4O3S/c1-17(29)25-19-8-10-20(11-9-19)26-23(30)22(18-5-2-3-6-18)27-12-14-28(15-13-27)24(31)21-7-4-16-32-21/h4,7-11,16,18,22H,2-3,5-6,12-15H2,1H3,(H,25,29)(H,26,30). The second kappa shape index (κ2) is 10.3. The van der Waals surface area contributed by atoms with Gasteiger partial charge in [-0.2, -0.15) is 0 Å². The van der Waals surface area contributed by atoms with Gasteiger partial charge in [-0.3, -0.25) is 19.3 Å². The number of anilines is 2. The van der Waals surface area contributed by atoms with Crippen LogP contribution >= 0.6 is 11.3 Å². The van der Waals surface area contributed by atoms with E-state index in [1.54, 1.807) is 12.1 Å². The number of nitrogens with zero attached hydrogens (tertiary/aromatic N) is 2. The molecule has 1 aliphatic carbocycles. The monoisotopic (exact) mass is 454 g/mol. The van der Waals surface area contributed by atoms with Gasteiger partial charge in [-0.15, -0.1) is 11.3 Å². The molecule has 7 nitrogen and oxygen atoms in total. The summed E-state index contributed by atoms with van der Waals surface area (Å²) in [6.45, 7) is 4.15. The molecule has 4 rings (SSSR count). The van der Waals surface area contributed by atoms with Crippen molar-refractivity contribution < 1.29 is 14.4 Å². The summed E-state index contributed by atoms with van der Waals surface area (Å²) in [5, 5.41) is 7.74. The van der Waals surface area contributed by atoms with Gasteiger partial charge in [0.1, 0.15) is 0 Å². The lowest BCUT2D eigenvalue weighted by Gasteiger charge is -2.40. The van der Waals surface area contributed by atoms with E-state index in [1.807, 2.05) is 34.5 Å². The summed E-state index contributed by atoms with van der Waals surface area (Å²) in [7, 11) is 0. The van der Waals surface area contributed by atoms with E-state index >= 15 is 0 Å². The van der Waals surface area contributed by atoms with E-state index in [0.29, 0.717) is 37.8 Å². The Morgan fingerprint density at radius 1 is 0.938 bits per heavy atom. The lowest BCUT2D eigenvalue weighted by Crippen LogP contribution is -2.56. The maximum absolute atomic E-state index is 13.4. The molecule has 2 N–H and O–H groups in total. The van der Waals surface area contributed by atoms with Gasteiger partial charge in [0, 0.05) is 44.5 Å². The number of carbonyl (C=O) groups is 3. The average Bonchev–Trinajstić information content (AvgIpc) is 3.50. The van der Waals surface area contributed by atoms with Crippen LogP contribution in [0.1, 0.15) is 42.3 Å². The van der Waals surface area contributed by atoms with Gasteiger partial charge in [-0.05, 0) is 54.5 Å². The second-order valence-electron chi connectivity index (χ2n) is 8.54. The van der Waals surface area contributed by atoms with Crippen LogP contribution in [0, 0.1) is 5.92 Å². The largest absolute Gasteiger partial charge is 0.335 e. The molecular weight excluding hydrogens is 424 g/mol. The van der Waals surface area contributed by atoms with Crippen LogP contribution < -0.4 is 10.6 Å². The first kappa shape index (κ1) is 22.5. The second-order valence-corrected chi connectivity index (χ2v) is 9.49. The first-order chi connectivity index (χ1) is 15.5. The number of hydrogen-bond acceptors (Lipinski definition) is 5. The molecule has 170 valence electrons. The molecule has 32 heavy (non-hydrogen) atoms. The van der Waals surface area contributed by atoms with Crippen molar-refractivity contribution in [2.75, 3.05) is 36.8 Å². The number of rotatable bonds is 6. The number of benzene rings is 1. The number of nitrogens with one attached hydrogen (secondary N) is 2. The van der Waals surface area contributed by atoms with E-state index in [-0.39, 0.29) is 23.8 Å². The van der Waals surface area contributed by atoms with Crippen molar-refractivity contribution in [1.29, 1.82) is 0 Å². The molecule has 2 heterocycles. The van der Waals surface area contributed by atoms with Crippen molar-refractivity contribution >= 4 is 40.4 Å². The molecule has 1 aromatic carbocycles. The fraction of sp³-hybridized carbons (Fsp3) is 0.458. The predicted octanol–water partition coefficient (Wildman–Crippen LogP) is 3.66. The highest BCUT2D eigenvalue weighted by atomic mass is 32.1. The minimum absolute atomic E-state index is 0.0159. The number of carbonyl (C=O) groups excluding carboxylic acids is 3. The molecule has 0 radical (unpaired) electrons. The summed E-state index contributed by atoms with van der Waals surface area (Å²) >= 11 is 1.47. The molecule has 1 aromatic heterocycles. The molecular formula is C24H30N4O3S. The van der Waals surface area contributed by atoms with Crippen LogP contribution in [0.5, 0.6) is 0 Å². The van der Waals surface area contributed by atoms with E-state index in [0.717, 1.165) is 36.2 Å². The van der Waals surface area contributed by atoms with Gasteiger partial charge in [-0.25, -0.2) is 0 Å². The third-order valence-electron chi connectivity index (χ3n) is 6.31. The predicted molar refractivity (Wildman–Crippen MR) is 127 cm³/mol. The highest BCUT2D eigenvalue weighted by Gasteiger charge is 2.37. The smallest absolute Gasteiger partial charge is 0.264 e. The van der Waals surface area contributed by atoms with E-state index < -0.39 is 0 Å². The quantitative estimate of drug-likeness (QED) is 0.698. The summed E-state index contributed by atoms with van der Waals surface area (Å²) in [6, 6.07) is 10.8. The zero-order valence-electron chi connectivity index (χ0n) is 18.4. The van der Waals surface area contributed by atoms with Crippen molar-refractivity contribution in [1.82, 2.24) is 9.80 Å².